The SMILES string of the molecule is Cc1nnc(-c2c(C)csc2NC(=O)Cc2ccc(-c3ccncc3)cc2)[nH]1. The summed E-state index contributed by atoms with van der Waals surface area (Å²) in [7, 11) is 0. The van der Waals surface area contributed by atoms with Gasteiger partial charge in [-0.15, -0.1) is 21.5 Å². The van der Waals surface area contributed by atoms with Crippen molar-refractivity contribution >= 4 is 22.2 Å². The Morgan fingerprint density at radius 1 is 1.04 bits per heavy atom. The molecule has 0 aliphatic heterocycles. The number of rotatable bonds is 5. The van der Waals surface area contributed by atoms with E-state index in [9.17, 15) is 4.79 Å². The van der Waals surface area contributed by atoms with Crippen LogP contribution in [0.5, 0.6) is 0 Å². The Labute approximate surface area is 166 Å². The highest BCUT2D eigenvalue weighted by Crippen LogP contribution is 2.35. The molecule has 0 aliphatic carbocycles. The van der Waals surface area contributed by atoms with Gasteiger partial charge < -0.3 is 10.3 Å². The van der Waals surface area contributed by atoms with Gasteiger partial charge in [-0.3, -0.25) is 9.78 Å². The van der Waals surface area contributed by atoms with Crippen molar-refractivity contribution in [2.24, 2.45) is 0 Å². The number of nitrogens with one attached hydrogen (secondary N) is 2. The summed E-state index contributed by atoms with van der Waals surface area (Å²) < 4.78 is 0. The van der Waals surface area contributed by atoms with Gasteiger partial charge in [0.15, 0.2) is 5.82 Å². The van der Waals surface area contributed by atoms with E-state index < -0.39 is 0 Å². The lowest BCUT2D eigenvalue weighted by atomic mass is 10.0. The number of pyridine rings is 1. The maximum Gasteiger partial charge on any atom is 0.229 e. The fourth-order valence-electron chi connectivity index (χ4n) is 3.00. The van der Waals surface area contributed by atoms with Crippen molar-refractivity contribution < 1.29 is 4.79 Å². The first-order valence-corrected chi connectivity index (χ1v) is 9.75. The normalized spacial score (nSPS) is 10.8. The molecule has 4 rings (SSSR count). The van der Waals surface area contributed by atoms with E-state index in [0.717, 1.165) is 38.6 Å². The van der Waals surface area contributed by atoms with Crippen LogP contribution in [0.3, 0.4) is 0 Å². The number of hydrogen-bond acceptors (Lipinski definition) is 5. The first-order chi connectivity index (χ1) is 13.6. The van der Waals surface area contributed by atoms with Gasteiger partial charge in [0.25, 0.3) is 0 Å². The van der Waals surface area contributed by atoms with Crippen LogP contribution in [0, 0.1) is 13.8 Å². The van der Waals surface area contributed by atoms with Gasteiger partial charge in [0.05, 0.1) is 12.0 Å². The molecule has 140 valence electrons. The Bertz CT molecular complexity index is 1100. The van der Waals surface area contributed by atoms with Gasteiger partial charge in [-0.2, -0.15) is 0 Å². The van der Waals surface area contributed by atoms with E-state index in [4.69, 9.17) is 0 Å². The summed E-state index contributed by atoms with van der Waals surface area (Å²) in [6, 6.07) is 11.9. The zero-order valence-electron chi connectivity index (χ0n) is 15.6. The van der Waals surface area contributed by atoms with E-state index in [0.29, 0.717) is 12.2 Å². The standard InChI is InChI=1S/C21H19N5OS/c1-13-12-28-21(19(13)20-23-14(2)25-26-20)24-18(27)11-15-3-5-16(6-4-15)17-7-9-22-10-8-17/h3-10,12H,11H2,1-2H3,(H,24,27)(H,23,25,26). The van der Waals surface area contributed by atoms with E-state index in [1.54, 1.807) is 12.4 Å². The van der Waals surface area contributed by atoms with Gasteiger partial charge in [-0.1, -0.05) is 24.3 Å². The van der Waals surface area contributed by atoms with E-state index in [2.05, 4.69) is 25.5 Å². The molecule has 1 amide bonds. The molecule has 0 atom stereocenters. The Morgan fingerprint density at radius 2 is 1.75 bits per heavy atom. The molecule has 2 N–H and O–H groups in total. The molecule has 0 unspecified atom stereocenters. The number of amides is 1. The van der Waals surface area contributed by atoms with Gasteiger partial charge >= 0.3 is 0 Å². The number of nitrogens with zero attached hydrogens (tertiary/aromatic N) is 3. The molecule has 0 saturated heterocycles. The predicted molar refractivity (Wildman–Crippen MR) is 111 cm³/mol. The molecule has 1 aromatic carbocycles. The van der Waals surface area contributed by atoms with Crippen LogP contribution in [0.15, 0.2) is 54.2 Å². The van der Waals surface area contributed by atoms with Crippen LogP contribution in [0.4, 0.5) is 5.00 Å². The monoisotopic (exact) mass is 389 g/mol. The molecule has 6 nitrogen and oxygen atoms in total. The van der Waals surface area contributed by atoms with E-state index >= 15 is 0 Å². The van der Waals surface area contributed by atoms with Crippen LogP contribution in [0.1, 0.15) is 17.0 Å². The van der Waals surface area contributed by atoms with E-state index in [1.165, 1.54) is 11.3 Å². The maximum absolute atomic E-state index is 12.6. The Balaban J connectivity index is 1.47. The fraction of sp³-hybridized carbons (Fsp3) is 0.143. The average molecular weight is 389 g/mol. The molecule has 0 radical (unpaired) electrons. The zero-order chi connectivity index (χ0) is 19.5. The number of carbonyl (C=O) groups excluding carboxylic acids is 1. The van der Waals surface area contributed by atoms with Crippen LogP contribution < -0.4 is 5.32 Å². The highest BCUT2D eigenvalue weighted by molar-refractivity contribution is 7.15. The number of carbonyl (C=O) groups is 1. The lowest BCUT2D eigenvalue weighted by Gasteiger charge is -2.07. The number of anilines is 1. The van der Waals surface area contributed by atoms with Crippen molar-refractivity contribution in [2.45, 2.75) is 20.3 Å². The highest BCUT2D eigenvalue weighted by atomic mass is 32.1. The quantitative estimate of drug-likeness (QED) is 0.530. The third kappa shape index (κ3) is 3.84. The van der Waals surface area contributed by atoms with Crippen molar-refractivity contribution in [3.8, 4) is 22.5 Å². The third-order valence-corrected chi connectivity index (χ3v) is 5.41. The largest absolute Gasteiger partial charge is 0.325 e. The maximum atomic E-state index is 12.6. The predicted octanol–water partition coefficient (Wildman–Crippen LogP) is 4.39. The van der Waals surface area contributed by atoms with Crippen LogP contribution >= 0.6 is 11.3 Å². The first kappa shape index (κ1) is 18.1. The molecule has 4 aromatic rings. The minimum atomic E-state index is -0.0593. The molecular formula is C21H19N5OS. The number of aromatic amines is 1. The third-order valence-electron chi connectivity index (χ3n) is 4.40. The number of benzene rings is 1. The van der Waals surface area contributed by atoms with Crippen molar-refractivity contribution in [1.82, 2.24) is 20.2 Å². The van der Waals surface area contributed by atoms with Gasteiger partial charge in [-0.25, -0.2) is 0 Å². The molecular weight excluding hydrogens is 370 g/mol. The van der Waals surface area contributed by atoms with Gasteiger partial charge in [0.1, 0.15) is 10.8 Å². The first-order valence-electron chi connectivity index (χ1n) is 8.87. The summed E-state index contributed by atoms with van der Waals surface area (Å²) >= 11 is 1.49. The Morgan fingerprint density at radius 3 is 2.43 bits per heavy atom. The number of H-pyrrole nitrogens is 1. The van der Waals surface area contributed by atoms with Crippen molar-refractivity contribution in [1.29, 1.82) is 0 Å². The molecule has 0 fully saturated rings. The number of hydrogen-bond donors (Lipinski definition) is 2. The lowest BCUT2D eigenvalue weighted by Crippen LogP contribution is -2.14. The number of aryl methyl sites for hydroxylation is 2. The summed E-state index contributed by atoms with van der Waals surface area (Å²) in [5.41, 5.74) is 5.11. The summed E-state index contributed by atoms with van der Waals surface area (Å²) in [5.74, 6) is 1.36. The molecule has 3 heterocycles. The van der Waals surface area contributed by atoms with Crippen LogP contribution in [-0.2, 0) is 11.2 Å². The number of aromatic nitrogens is 4. The van der Waals surface area contributed by atoms with Crippen molar-refractivity contribution in [3.63, 3.8) is 0 Å². The molecule has 7 heteroatoms. The molecule has 0 saturated carbocycles. The highest BCUT2D eigenvalue weighted by Gasteiger charge is 2.16. The van der Waals surface area contributed by atoms with Crippen LogP contribution in [0.25, 0.3) is 22.5 Å². The summed E-state index contributed by atoms with van der Waals surface area (Å²) in [4.78, 5) is 19.7. The minimum Gasteiger partial charge on any atom is -0.325 e. The van der Waals surface area contributed by atoms with E-state index in [-0.39, 0.29) is 5.91 Å². The van der Waals surface area contributed by atoms with Crippen molar-refractivity contribution in [2.75, 3.05) is 5.32 Å². The minimum absolute atomic E-state index is 0.0593. The topological polar surface area (TPSA) is 83.6 Å². The molecule has 0 bridgehead atoms. The second kappa shape index (κ2) is 7.74. The number of thiophene rings is 1. The summed E-state index contributed by atoms with van der Waals surface area (Å²) in [5, 5.41) is 14.0. The average Bonchev–Trinajstić information content (AvgIpc) is 3.28. The zero-order valence-corrected chi connectivity index (χ0v) is 16.4. The second-order valence-corrected chi connectivity index (χ2v) is 7.42. The molecule has 0 aliphatic rings. The van der Waals surface area contributed by atoms with Gasteiger partial charge in [0.2, 0.25) is 5.91 Å². The van der Waals surface area contributed by atoms with Gasteiger partial charge in [0, 0.05) is 12.4 Å². The van der Waals surface area contributed by atoms with Crippen LogP contribution in [0.2, 0.25) is 0 Å². The van der Waals surface area contributed by atoms with Crippen molar-refractivity contribution in [3.05, 3.63) is 71.1 Å². The lowest BCUT2D eigenvalue weighted by molar-refractivity contribution is -0.115. The molecule has 0 spiro atoms. The Kier molecular flexibility index (Phi) is 4.99. The second-order valence-electron chi connectivity index (χ2n) is 6.54. The smallest absolute Gasteiger partial charge is 0.229 e. The summed E-state index contributed by atoms with van der Waals surface area (Å²) in [6.45, 7) is 3.85. The fourth-order valence-corrected chi connectivity index (χ4v) is 3.97. The summed E-state index contributed by atoms with van der Waals surface area (Å²) in [6.07, 6.45) is 3.85. The molecule has 28 heavy (non-hydrogen) atoms. The Hall–Kier alpha value is -3.32. The van der Waals surface area contributed by atoms with Gasteiger partial charge in [-0.05, 0) is 53.6 Å². The molecule has 3 aromatic heterocycles. The van der Waals surface area contributed by atoms with Crippen LogP contribution in [-0.4, -0.2) is 26.1 Å². The van der Waals surface area contributed by atoms with E-state index in [1.807, 2.05) is 55.6 Å².